The van der Waals surface area contributed by atoms with Crippen LogP contribution in [0.25, 0.3) is 0 Å². The Labute approximate surface area is 179 Å². The van der Waals surface area contributed by atoms with Gasteiger partial charge < -0.3 is 15.4 Å². The third-order valence-corrected chi connectivity index (χ3v) is 6.85. The van der Waals surface area contributed by atoms with E-state index in [9.17, 15) is 4.21 Å². The number of aliphatic imine (C=N–C) groups is 1. The van der Waals surface area contributed by atoms with Gasteiger partial charge in [0, 0.05) is 42.9 Å². The SMILES string of the molecule is CCNC(=NCC(C(CC)CC)N1CCOCC1)NCCS(=O)c1ccccc1. The van der Waals surface area contributed by atoms with Gasteiger partial charge in [-0.05, 0) is 25.0 Å². The number of ether oxygens (including phenoxy) is 1. The maximum atomic E-state index is 12.4. The number of benzene rings is 1. The Bertz CT molecular complexity index is 616. The lowest BCUT2D eigenvalue weighted by Crippen LogP contribution is -2.49. The van der Waals surface area contributed by atoms with Crippen molar-refractivity contribution in [1.29, 1.82) is 0 Å². The maximum Gasteiger partial charge on any atom is 0.191 e. The molecule has 164 valence electrons. The fourth-order valence-corrected chi connectivity index (χ4v) is 4.77. The van der Waals surface area contributed by atoms with E-state index in [0.29, 0.717) is 24.3 Å². The Balaban J connectivity index is 1.94. The standard InChI is InChI=1S/C22H38N4O2S/c1-4-19(5-2)21(26-13-15-28-16-14-26)18-25-22(23-6-3)24-12-17-29(27)20-10-8-7-9-11-20/h7-11,19,21H,4-6,12-18H2,1-3H3,(H2,23,24,25). The maximum absolute atomic E-state index is 12.4. The number of morpholine rings is 1. The molecule has 7 heteroatoms. The minimum Gasteiger partial charge on any atom is -0.379 e. The van der Waals surface area contributed by atoms with Crippen LogP contribution in [0.2, 0.25) is 0 Å². The number of guanidine groups is 1. The molecule has 1 fully saturated rings. The van der Waals surface area contributed by atoms with Gasteiger partial charge in [-0.2, -0.15) is 0 Å². The van der Waals surface area contributed by atoms with Crippen LogP contribution in [0.5, 0.6) is 0 Å². The lowest BCUT2D eigenvalue weighted by atomic mass is 9.92. The summed E-state index contributed by atoms with van der Waals surface area (Å²) in [4.78, 5) is 8.30. The molecule has 1 heterocycles. The first-order valence-corrected chi connectivity index (χ1v) is 12.3. The van der Waals surface area contributed by atoms with Crippen LogP contribution in [0.15, 0.2) is 40.2 Å². The van der Waals surface area contributed by atoms with Crippen molar-refractivity contribution in [2.24, 2.45) is 10.9 Å². The van der Waals surface area contributed by atoms with Gasteiger partial charge in [-0.3, -0.25) is 14.1 Å². The number of rotatable bonds is 11. The van der Waals surface area contributed by atoms with Gasteiger partial charge in [-0.1, -0.05) is 44.9 Å². The average molecular weight is 423 g/mol. The van der Waals surface area contributed by atoms with Crippen molar-refractivity contribution >= 4 is 16.8 Å². The van der Waals surface area contributed by atoms with Crippen molar-refractivity contribution in [1.82, 2.24) is 15.5 Å². The highest BCUT2D eigenvalue weighted by Crippen LogP contribution is 2.20. The van der Waals surface area contributed by atoms with Crippen molar-refractivity contribution in [2.75, 3.05) is 51.7 Å². The number of nitrogens with one attached hydrogen (secondary N) is 2. The van der Waals surface area contributed by atoms with Crippen LogP contribution < -0.4 is 10.6 Å². The summed E-state index contributed by atoms with van der Waals surface area (Å²) in [6.45, 7) is 12.4. The van der Waals surface area contributed by atoms with E-state index in [2.05, 4.69) is 36.3 Å². The van der Waals surface area contributed by atoms with E-state index >= 15 is 0 Å². The molecule has 2 atom stereocenters. The molecular formula is C22H38N4O2S. The van der Waals surface area contributed by atoms with Gasteiger partial charge in [-0.25, -0.2) is 0 Å². The summed E-state index contributed by atoms with van der Waals surface area (Å²) in [7, 11) is -0.998. The number of hydrogen-bond acceptors (Lipinski definition) is 4. The molecule has 2 unspecified atom stereocenters. The predicted molar refractivity (Wildman–Crippen MR) is 122 cm³/mol. The Kier molecular flexibility index (Phi) is 11.3. The minimum absolute atomic E-state index is 0.433. The van der Waals surface area contributed by atoms with Crippen LogP contribution in [0, 0.1) is 5.92 Å². The van der Waals surface area contributed by atoms with E-state index in [0.717, 1.165) is 63.1 Å². The first kappa shape index (κ1) is 23.8. The van der Waals surface area contributed by atoms with E-state index in [4.69, 9.17) is 9.73 Å². The fourth-order valence-electron chi connectivity index (χ4n) is 3.78. The van der Waals surface area contributed by atoms with Crippen molar-refractivity contribution in [3.8, 4) is 0 Å². The van der Waals surface area contributed by atoms with E-state index in [-0.39, 0.29) is 0 Å². The van der Waals surface area contributed by atoms with Crippen LogP contribution in [0.3, 0.4) is 0 Å². The molecule has 0 amide bonds. The highest BCUT2D eigenvalue weighted by atomic mass is 32.2. The van der Waals surface area contributed by atoms with Crippen molar-refractivity contribution in [3.63, 3.8) is 0 Å². The van der Waals surface area contributed by atoms with Gasteiger partial charge in [0.15, 0.2) is 5.96 Å². The van der Waals surface area contributed by atoms with Gasteiger partial charge in [0.25, 0.3) is 0 Å². The molecule has 1 aliphatic heterocycles. The molecule has 0 aromatic heterocycles. The van der Waals surface area contributed by atoms with Gasteiger partial charge in [-0.15, -0.1) is 0 Å². The first-order chi connectivity index (χ1) is 14.2. The summed E-state index contributed by atoms with van der Waals surface area (Å²) in [6.07, 6.45) is 2.32. The van der Waals surface area contributed by atoms with Crippen LogP contribution in [0.4, 0.5) is 0 Å². The molecule has 0 saturated carbocycles. The molecule has 1 aromatic rings. The quantitative estimate of drug-likeness (QED) is 0.424. The van der Waals surface area contributed by atoms with Gasteiger partial charge in [0.2, 0.25) is 0 Å². The zero-order chi connectivity index (χ0) is 20.9. The molecular weight excluding hydrogens is 384 g/mol. The lowest BCUT2D eigenvalue weighted by molar-refractivity contribution is 0.00395. The summed E-state index contributed by atoms with van der Waals surface area (Å²) < 4.78 is 18.0. The van der Waals surface area contributed by atoms with Gasteiger partial charge in [0.05, 0.1) is 30.6 Å². The summed E-state index contributed by atoms with van der Waals surface area (Å²) in [5.74, 6) is 2.00. The molecule has 1 aliphatic rings. The molecule has 2 rings (SSSR count). The Morgan fingerprint density at radius 2 is 1.83 bits per heavy atom. The van der Waals surface area contributed by atoms with Crippen LogP contribution in [-0.2, 0) is 15.5 Å². The Morgan fingerprint density at radius 1 is 1.14 bits per heavy atom. The fraction of sp³-hybridized carbons (Fsp3) is 0.682. The highest BCUT2D eigenvalue weighted by Gasteiger charge is 2.26. The second kappa shape index (κ2) is 13.7. The van der Waals surface area contributed by atoms with E-state index in [1.165, 1.54) is 0 Å². The monoisotopic (exact) mass is 422 g/mol. The Hall–Kier alpha value is -1.44. The predicted octanol–water partition coefficient (Wildman–Crippen LogP) is 2.49. The largest absolute Gasteiger partial charge is 0.379 e. The third-order valence-electron chi connectivity index (χ3n) is 5.47. The van der Waals surface area contributed by atoms with Crippen molar-refractivity contribution in [3.05, 3.63) is 30.3 Å². The zero-order valence-electron chi connectivity index (χ0n) is 18.2. The van der Waals surface area contributed by atoms with E-state index < -0.39 is 10.8 Å². The van der Waals surface area contributed by atoms with Crippen LogP contribution in [-0.4, -0.2) is 72.8 Å². The number of nitrogens with zero attached hydrogens (tertiary/aromatic N) is 2. The summed E-state index contributed by atoms with van der Waals surface area (Å²) in [5.41, 5.74) is 0. The van der Waals surface area contributed by atoms with Crippen molar-refractivity contribution in [2.45, 2.75) is 44.6 Å². The molecule has 0 aliphatic carbocycles. The summed E-state index contributed by atoms with van der Waals surface area (Å²) in [5, 5.41) is 6.68. The average Bonchev–Trinajstić information content (AvgIpc) is 2.77. The lowest BCUT2D eigenvalue weighted by Gasteiger charge is -2.38. The molecule has 29 heavy (non-hydrogen) atoms. The van der Waals surface area contributed by atoms with Gasteiger partial charge in [0.1, 0.15) is 0 Å². The summed E-state index contributed by atoms with van der Waals surface area (Å²) >= 11 is 0. The van der Waals surface area contributed by atoms with E-state index in [1.807, 2.05) is 30.3 Å². The van der Waals surface area contributed by atoms with Gasteiger partial charge >= 0.3 is 0 Å². The minimum atomic E-state index is -0.998. The second-order valence-electron chi connectivity index (χ2n) is 7.30. The first-order valence-electron chi connectivity index (χ1n) is 11.0. The molecule has 6 nitrogen and oxygen atoms in total. The number of hydrogen-bond donors (Lipinski definition) is 2. The van der Waals surface area contributed by atoms with Crippen LogP contribution in [0.1, 0.15) is 33.6 Å². The highest BCUT2D eigenvalue weighted by molar-refractivity contribution is 7.85. The molecule has 0 bridgehead atoms. The normalized spacial score (nSPS) is 17.9. The molecule has 0 spiro atoms. The molecule has 1 saturated heterocycles. The molecule has 1 aromatic carbocycles. The van der Waals surface area contributed by atoms with E-state index in [1.54, 1.807) is 0 Å². The van der Waals surface area contributed by atoms with Crippen molar-refractivity contribution < 1.29 is 8.95 Å². The zero-order valence-corrected chi connectivity index (χ0v) is 19.0. The summed E-state index contributed by atoms with van der Waals surface area (Å²) in [6, 6.07) is 10.1. The molecule has 2 N–H and O–H groups in total. The second-order valence-corrected chi connectivity index (χ2v) is 8.87. The Morgan fingerprint density at radius 3 is 2.45 bits per heavy atom. The van der Waals surface area contributed by atoms with Crippen LogP contribution >= 0.6 is 0 Å². The smallest absolute Gasteiger partial charge is 0.191 e. The topological polar surface area (TPSA) is 66.0 Å². The third kappa shape index (κ3) is 8.07. The molecule has 0 radical (unpaired) electrons.